The van der Waals surface area contributed by atoms with E-state index < -0.39 is 0 Å². The minimum Gasteiger partial charge on any atom is -0.490 e. The highest BCUT2D eigenvalue weighted by atomic mass is 16.5. The lowest BCUT2D eigenvalue weighted by Gasteiger charge is -2.34. The van der Waals surface area contributed by atoms with Crippen LogP contribution >= 0.6 is 0 Å². The molecule has 0 aromatic heterocycles. The SMILES string of the molecule is O=C(c1ccc(OC2CCN(CC3CNNC3c3ccccc3)CC2)cc1)N1CCCC1. The summed E-state index contributed by atoms with van der Waals surface area (Å²) in [5, 5.41) is 0. The summed E-state index contributed by atoms with van der Waals surface area (Å²) < 4.78 is 6.25. The average molecular weight is 435 g/mol. The number of hydrogen-bond donors (Lipinski definition) is 2. The number of nitrogens with one attached hydrogen (secondary N) is 2. The van der Waals surface area contributed by atoms with Crippen LogP contribution in [-0.4, -0.2) is 61.1 Å². The highest BCUT2D eigenvalue weighted by molar-refractivity contribution is 5.94. The Morgan fingerprint density at radius 1 is 0.938 bits per heavy atom. The summed E-state index contributed by atoms with van der Waals surface area (Å²) >= 11 is 0. The first-order valence-corrected chi connectivity index (χ1v) is 12.1. The first-order chi connectivity index (χ1) is 15.8. The van der Waals surface area contributed by atoms with Crippen LogP contribution in [0.25, 0.3) is 0 Å². The molecular weight excluding hydrogens is 400 g/mol. The second-order valence-electron chi connectivity index (χ2n) is 9.32. The molecule has 0 radical (unpaired) electrons. The smallest absolute Gasteiger partial charge is 0.253 e. The molecule has 3 saturated heterocycles. The monoisotopic (exact) mass is 434 g/mol. The number of likely N-dealkylation sites (tertiary alicyclic amines) is 2. The molecule has 2 unspecified atom stereocenters. The Labute approximate surface area is 190 Å². The third kappa shape index (κ3) is 4.98. The topological polar surface area (TPSA) is 56.8 Å². The molecule has 0 bridgehead atoms. The normalized spacial score (nSPS) is 24.7. The van der Waals surface area contributed by atoms with Crippen LogP contribution in [0.3, 0.4) is 0 Å². The molecule has 32 heavy (non-hydrogen) atoms. The van der Waals surface area contributed by atoms with E-state index in [1.54, 1.807) is 0 Å². The van der Waals surface area contributed by atoms with E-state index >= 15 is 0 Å². The quantitative estimate of drug-likeness (QED) is 0.731. The fourth-order valence-corrected chi connectivity index (χ4v) is 5.23. The van der Waals surface area contributed by atoms with Gasteiger partial charge in [0, 0.05) is 50.7 Å². The minimum atomic E-state index is 0.145. The number of rotatable bonds is 6. The lowest BCUT2D eigenvalue weighted by atomic mass is 9.93. The Morgan fingerprint density at radius 3 is 2.38 bits per heavy atom. The number of piperidine rings is 1. The van der Waals surface area contributed by atoms with Gasteiger partial charge >= 0.3 is 0 Å². The van der Waals surface area contributed by atoms with Crippen molar-refractivity contribution in [2.45, 2.75) is 37.8 Å². The van der Waals surface area contributed by atoms with Crippen LogP contribution in [0.1, 0.15) is 47.6 Å². The van der Waals surface area contributed by atoms with Gasteiger partial charge in [0.05, 0.1) is 6.04 Å². The number of carbonyl (C=O) groups excluding carboxylic acids is 1. The van der Waals surface area contributed by atoms with E-state index in [0.29, 0.717) is 12.0 Å². The summed E-state index contributed by atoms with van der Waals surface area (Å²) in [6.07, 6.45) is 4.56. The molecule has 3 aliphatic heterocycles. The van der Waals surface area contributed by atoms with Crippen molar-refractivity contribution in [3.63, 3.8) is 0 Å². The molecular formula is C26H34N4O2. The third-order valence-electron chi connectivity index (χ3n) is 7.08. The van der Waals surface area contributed by atoms with Crippen molar-refractivity contribution < 1.29 is 9.53 Å². The van der Waals surface area contributed by atoms with Crippen molar-refractivity contribution in [2.24, 2.45) is 5.92 Å². The standard InChI is InChI=1S/C26H34N4O2/c31-26(30-14-4-5-15-30)21-8-10-23(11-9-21)32-24-12-16-29(17-13-24)19-22-18-27-28-25(22)20-6-2-1-3-7-20/h1-3,6-11,22,24-25,27-28H,4-5,12-19H2. The van der Waals surface area contributed by atoms with E-state index in [4.69, 9.17) is 4.74 Å². The second-order valence-corrected chi connectivity index (χ2v) is 9.32. The summed E-state index contributed by atoms with van der Waals surface area (Å²) in [6.45, 7) is 5.99. The zero-order valence-corrected chi connectivity index (χ0v) is 18.7. The highest BCUT2D eigenvalue weighted by Gasteiger charge is 2.31. The van der Waals surface area contributed by atoms with Gasteiger partial charge in [0.15, 0.2) is 0 Å². The number of amides is 1. The van der Waals surface area contributed by atoms with E-state index in [0.717, 1.165) is 76.3 Å². The summed E-state index contributed by atoms with van der Waals surface area (Å²) in [6, 6.07) is 18.8. The van der Waals surface area contributed by atoms with Crippen LogP contribution in [0.15, 0.2) is 54.6 Å². The fourth-order valence-electron chi connectivity index (χ4n) is 5.23. The lowest BCUT2D eigenvalue weighted by molar-refractivity contribution is 0.0792. The Balaban J connectivity index is 1.09. The Bertz CT molecular complexity index is 874. The molecule has 1 amide bonds. The molecule has 5 rings (SSSR count). The van der Waals surface area contributed by atoms with Crippen molar-refractivity contribution in [3.8, 4) is 5.75 Å². The summed E-state index contributed by atoms with van der Waals surface area (Å²) in [7, 11) is 0. The molecule has 2 aromatic rings. The molecule has 0 spiro atoms. The Hall–Kier alpha value is -2.41. The number of hydrazine groups is 1. The molecule has 0 aliphatic carbocycles. The van der Waals surface area contributed by atoms with Crippen LogP contribution in [0.4, 0.5) is 0 Å². The van der Waals surface area contributed by atoms with Gasteiger partial charge in [-0.3, -0.25) is 10.2 Å². The molecule has 2 N–H and O–H groups in total. The number of carbonyl (C=O) groups is 1. The Kier molecular flexibility index (Phi) is 6.72. The number of benzene rings is 2. The molecule has 2 aromatic carbocycles. The zero-order chi connectivity index (χ0) is 21.8. The highest BCUT2D eigenvalue weighted by Crippen LogP contribution is 2.27. The van der Waals surface area contributed by atoms with Crippen LogP contribution in [-0.2, 0) is 0 Å². The molecule has 6 nitrogen and oxygen atoms in total. The van der Waals surface area contributed by atoms with Crippen molar-refractivity contribution in [2.75, 3.05) is 39.3 Å². The number of hydrogen-bond acceptors (Lipinski definition) is 5. The van der Waals surface area contributed by atoms with Gasteiger partial charge in [0.2, 0.25) is 0 Å². The maximum absolute atomic E-state index is 12.5. The predicted molar refractivity (Wildman–Crippen MR) is 125 cm³/mol. The molecule has 0 saturated carbocycles. The zero-order valence-electron chi connectivity index (χ0n) is 18.7. The van der Waals surface area contributed by atoms with Gasteiger partial charge in [-0.15, -0.1) is 0 Å². The van der Waals surface area contributed by atoms with Crippen molar-refractivity contribution >= 4 is 5.91 Å². The van der Waals surface area contributed by atoms with Crippen molar-refractivity contribution in [1.29, 1.82) is 0 Å². The first kappa shape index (κ1) is 21.4. The molecule has 170 valence electrons. The third-order valence-corrected chi connectivity index (χ3v) is 7.08. The lowest BCUT2D eigenvalue weighted by Crippen LogP contribution is -2.41. The summed E-state index contributed by atoms with van der Waals surface area (Å²) in [5.74, 6) is 1.58. The van der Waals surface area contributed by atoms with Crippen LogP contribution in [0.2, 0.25) is 0 Å². The van der Waals surface area contributed by atoms with Gasteiger partial charge in [-0.25, -0.2) is 5.43 Å². The van der Waals surface area contributed by atoms with E-state index in [-0.39, 0.29) is 12.0 Å². The fraction of sp³-hybridized carbons (Fsp3) is 0.500. The molecule has 3 fully saturated rings. The Morgan fingerprint density at radius 2 is 1.66 bits per heavy atom. The maximum atomic E-state index is 12.5. The number of ether oxygens (including phenoxy) is 1. The first-order valence-electron chi connectivity index (χ1n) is 12.1. The van der Waals surface area contributed by atoms with Gasteiger partial charge in [-0.05, 0) is 55.5 Å². The van der Waals surface area contributed by atoms with Crippen LogP contribution < -0.4 is 15.6 Å². The molecule has 2 atom stereocenters. The van der Waals surface area contributed by atoms with Gasteiger partial charge in [0.1, 0.15) is 11.9 Å². The van der Waals surface area contributed by atoms with E-state index in [1.165, 1.54) is 5.56 Å². The largest absolute Gasteiger partial charge is 0.490 e. The van der Waals surface area contributed by atoms with Gasteiger partial charge in [0.25, 0.3) is 5.91 Å². The van der Waals surface area contributed by atoms with Crippen LogP contribution in [0.5, 0.6) is 5.75 Å². The van der Waals surface area contributed by atoms with Gasteiger partial charge < -0.3 is 14.5 Å². The summed E-state index contributed by atoms with van der Waals surface area (Å²) in [4.78, 5) is 17.0. The summed E-state index contributed by atoms with van der Waals surface area (Å²) in [5.41, 5.74) is 8.93. The average Bonchev–Trinajstić information content (AvgIpc) is 3.54. The van der Waals surface area contributed by atoms with E-state index in [9.17, 15) is 4.79 Å². The minimum absolute atomic E-state index is 0.145. The maximum Gasteiger partial charge on any atom is 0.253 e. The van der Waals surface area contributed by atoms with Crippen LogP contribution in [0, 0.1) is 5.92 Å². The van der Waals surface area contributed by atoms with Crippen molar-refractivity contribution in [3.05, 3.63) is 65.7 Å². The van der Waals surface area contributed by atoms with E-state index in [1.807, 2.05) is 29.2 Å². The number of nitrogens with zero attached hydrogens (tertiary/aromatic N) is 2. The molecule has 3 heterocycles. The van der Waals surface area contributed by atoms with Gasteiger partial charge in [-0.1, -0.05) is 30.3 Å². The van der Waals surface area contributed by atoms with Gasteiger partial charge in [-0.2, -0.15) is 0 Å². The predicted octanol–water partition coefficient (Wildman–Crippen LogP) is 3.23. The molecule has 3 aliphatic rings. The van der Waals surface area contributed by atoms with Crippen molar-refractivity contribution in [1.82, 2.24) is 20.7 Å². The second kappa shape index (κ2) is 10.0. The van der Waals surface area contributed by atoms with E-state index in [2.05, 4.69) is 46.1 Å². The molecule has 6 heteroatoms.